The van der Waals surface area contributed by atoms with Crippen LogP contribution in [0.15, 0.2) is 42.5 Å². The van der Waals surface area contributed by atoms with Gasteiger partial charge < -0.3 is 20.3 Å². The van der Waals surface area contributed by atoms with Crippen molar-refractivity contribution in [1.82, 2.24) is 15.5 Å². The molecule has 0 aromatic heterocycles. The van der Waals surface area contributed by atoms with Gasteiger partial charge in [0.15, 0.2) is 0 Å². The van der Waals surface area contributed by atoms with Gasteiger partial charge in [0.25, 0.3) is 0 Å². The van der Waals surface area contributed by atoms with E-state index in [-0.39, 0.29) is 17.8 Å². The molecule has 7 heteroatoms. The number of hydrogen-bond acceptors (Lipinski definition) is 3. The Morgan fingerprint density at radius 3 is 2.63 bits per heavy atom. The number of aryl methyl sites for hydroxylation is 1. The Morgan fingerprint density at radius 2 is 1.87 bits per heavy atom. The van der Waals surface area contributed by atoms with Gasteiger partial charge in [0, 0.05) is 24.6 Å². The summed E-state index contributed by atoms with van der Waals surface area (Å²) >= 11 is 0. The van der Waals surface area contributed by atoms with Gasteiger partial charge in [0.1, 0.15) is 18.2 Å². The van der Waals surface area contributed by atoms with Gasteiger partial charge in [0.2, 0.25) is 5.91 Å². The highest BCUT2D eigenvalue weighted by atomic mass is 19.1. The van der Waals surface area contributed by atoms with Crippen molar-refractivity contribution in [2.75, 3.05) is 13.2 Å². The fraction of sp³-hybridized carbons (Fsp3) is 0.391. The van der Waals surface area contributed by atoms with Crippen molar-refractivity contribution in [3.63, 3.8) is 0 Å². The zero-order chi connectivity index (χ0) is 20.9. The Morgan fingerprint density at radius 1 is 1.10 bits per heavy atom. The Labute approximate surface area is 175 Å². The summed E-state index contributed by atoms with van der Waals surface area (Å²) in [7, 11) is 0. The molecule has 0 bridgehead atoms. The molecule has 2 aliphatic rings. The number of nitrogens with zero attached hydrogens (tertiary/aromatic N) is 1. The number of hydrogen-bond donors (Lipinski definition) is 2. The van der Waals surface area contributed by atoms with Crippen molar-refractivity contribution in [3.8, 4) is 5.75 Å². The number of ether oxygens (including phenoxy) is 1. The first kappa shape index (κ1) is 20.2. The van der Waals surface area contributed by atoms with Crippen LogP contribution in [0.25, 0.3) is 0 Å². The normalized spacial score (nSPS) is 15.6. The van der Waals surface area contributed by atoms with Crippen LogP contribution in [-0.4, -0.2) is 36.0 Å². The van der Waals surface area contributed by atoms with E-state index < -0.39 is 0 Å². The first-order chi connectivity index (χ1) is 14.6. The number of rotatable bonds is 6. The number of carbonyl (C=O) groups excluding carboxylic acids is 2. The van der Waals surface area contributed by atoms with Crippen LogP contribution < -0.4 is 15.4 Å². The van der Waals surface area contributed by atoms with Gasteiger partial charge in [-0.3, -0.25) is 4.79 Å². The summed E-state index contributed by atoms with van der Waals surface area (Å²) in [4.78, 5) is 26.3. The van der Waals surface area contributed by atoms with E-state index in [1.807, 2.05) is 18.2 Å². The van der Waals surface area contributed by atoms with Crippen LogP contribution in [0.3, 0.4) is 0 Å². The third kappa shape index (κ3) is 5.49. The molecule has 2 N–H and O–H groups in total. The van der Waals surface area contributed by atoms with Crippen LogP contribution in [0, 0.1) is 5.82 Å². The first-order valence-corrected chi connectivity index (χ1v) is 10.4. The Kier molecular flexibility index (Phi) is 6.16. The summed E-state index contributed by atoms with van der Waals surface area (Å²) < 4.78 is 18.8. The second-order valence-electron chi connectivity index (χ2n) is 7.84. The SMILES string of the molecule is O=C(CCc1ccc2c(c1)CN(C(=O)NCc1ccc(F)cc1)CCO2)NC1CC1. The minimum Gasteiger partial charge on any atom is -0.491 e. The molecule has 1 fully saturated rings. The number of benzene rings is 2. The molecule has 0 unspecified atom stereocenters. The summed E-state index contributed by atoms with van der Waals surface area (Å²) in [5.41, 5.74) is 2.82. The van der Waals surface area contributed by atoms with E-state index >= 15 is 0 Å². The molecule has 0 spiro atoms. The maximum absolute atomic E-state index is 13.0. The van der Waals surface area contributed by atoms with Crippen molar-refractivity contribution in [2.24, 2.45) is 0 Å². The number of fused-ring (bicyclic) bond motifs is 1. The maximum atomic E-state index is 13.0. The Bertz CT molecular complexity index is 912. The maximum Gasteiger partial charge on any atom is 0.318 e. The van der Waals surface area contributed by atoms with Gasteiger partial charge in [0.05, 0.1) is 13.1 Å². The van der Waals surface area contributed by atoms with E-state index in [2.05, 4.69) is 10.6 Å². The summed E-state index contributed by atoms with van der Waals surface area (Å²) in [5.74, 6) is 0.563. The summed E-state index contributed by atoms with van der Waals surface area (Å²) in [6, 6.07) is 12.2. The largest absolute Gasteiger partial charge is 0.491 e. The molecule has 1 aliphatic heterocycles. The average Bonchev–Trinajstić information content (AvgIpc) is 3.57. The predicted molar refractivity (Wildman–Crippen MR) is 110 cm³/mol. The predicted octanol–water partition coefficient (Wildman–Crippen LogP) is 3.14. The van der Waals surface area contributed by atoms with E-state index in [1.54, 1.807) is 17.0 Å². The van der Waals surface area contributed by atoms with Crippen LogP contribution in [0.4, 0.5) is 9.18 Å². The lowest BCUT2D eigenvalue weighted by atomic mass is 10.0. The van der Waals surface area contributed by atoms with Crippen molar-refractivity contribution in [3.05, 3.63) is 65.0 Å². The average molecular weight is 411 g/mol. The van der Waals surface area contributed by atoms with E-state index in [4.69, 9.17) is 4.74 Å². The van der Waals surface area contributed by atoms with Crippen LogP contribution in [0.5, 0.6) is 5.75 Å². The zero-order valence-corrected chi connectivity index (χ0v) is 16.8. The molecule has 30 heavy (non-hydrogen) atoms. The molecule has 0 saturated heterocycles. The molecule has 3 amide bonds. The van der Waals surface area contributed by atoms with Gasteiger partial charge >= 0.3 is 6.03 Å². The first-order valence-electron chi connectivity index (χ1n) is 10.4. The number of carbonyl (C=O) groups is 2. The van der Waals surface area contributed by atoms with E-state index in [9.17, 15) is 14.0 Å². The minimum absolute atomic E-state index is 0.0884. The Balaban J connectivity index is 1.34. The molecule has 2 aromatic carbocycles. The molecule has 158 valence electrons. The quantitative estimate of drug-likeness (QED) is 0.767. The van der Waals surface area contributed by atoms with Gasteiger partial charge in [-0.15, -0.1) is 0 Å². The van der Waals surface area contributed by atoms with Crippen molar-refractivity contribution >= 4 is 11.9 Å². The molecule has 4 rings (SSSR count). The number of nitrogens with one attached hydrogen (secondary N) is 2. The molecule has 1 heterocycles. The second-order valence-corrected chi connectivity index (χ2v) is 7.84. The minimum atomic E-state index is -0.299. The van der Waals surface area contributed by atoms with Crippen molar-refractivity contribution in [2.45, 2.75) is 44.8 Å². The van der Waals surface area contributed by atoms with Crippen LogP contribution in [0.1, 0.15) is 36.0 Å². The van der Waals surface area contributed by atoms with Gasteiger partial charge in [-0.2, -0.15) is 0 Å². The molecule has 0 radical (unpaired) electrons. The fourth-order valence-corrected chi connectivity index (χ4v) is 3.45. The van der Waals surface area contributed by atoms with Gasteiger partial charge in [-0.1, -0.05) is 24.3 Å². The molecular formula is C23H26FN3O3. The number of urea groups is 1. The lowest BCUT2D eigenvalue weighted by Crippen LogP contribution is -2.40. The van der Waals surface area contributed by atoms with E-state index in [1.165, 1.54) is 12.1 Å². The number of halogens is 1. The smallest absolute Gasteiger partial charge is 0.318 e. The lowest BCUT2D eigenvalue weighted by molar-refractivity contribution is -0.121. The van der Waals surface area contributed by atoms with Crippen LogP contribution >= 0.6 is 0 Å². The van der Waals surface area contributed by atoms with E-state index in [0.717, 1.165) is 35.3 Å². The second kappa shape index (κ2) is 9.15. The van der Waals surface area contributed by atoms with E-state index in [0.29, 0.717) is 45.1 Å². The highest BCUT2D eigenvalue weighted by Crippen LogP contribution is 2.25. The summed E-state index contributed by atoms with van der Waals surface area (Å²) in [6.07, 6.45) is 3.28. The van der Waals surface area contributed by atoms with Crippen LogP contribution in [-0.2, 0) is 24.3 Å². The van der Waals surface area contributed by atoms with Crippen molar-refractivity contribution < 1.29 is 18.7 Å². The molecule has 1 aliphatic carbocycles. The summed E-state index contributed by atoms with van der Waals surface area (Å²) in [6.45, 7) is 1.66. The van der Waals surface area contributed by atoms with Gasteiger partial charge in [-0.05, 0) is 48.6 Å². The molecule has 1 saturated carbocycles. The third-order valence-electron chi connectivity index (χ3n) is 5.33. The van der Waals surface area contributed by atoms with Crippen LogP contribution in [0.2, 0.25) is 0 Å². The summed E-state index contributed by atoms with van der Waals surface area (Å²) in [5, 5.41) is 5.88. The third-order valence-corrected chi connectivity index (χ3v) is 5.33. The number of amides is 3. The highest BCUT2D eigenvalue weighted by Gasteiger charge is 2.23. The Hall–Kier alpha value is -3.09. The van der Waals surface area contributed by atoms with Gasteiger partial charge in [-0.25, -0.2) is 9.18 Å². The lowest BCUT2D eigenvalue weighted by Gasteiger charge is -2.20. The highest BCUT2D eigenvalue weighted by molar-refractivity contribution is 5.77. The fourth-order valence-electron chi connectivity index (χ4n) is 3.45. The monoisotopic (exact) mass is 411 g/mol. The zero-order valence-electron chi connectivity index (χ0n) is 16.8. The molecule has 0 atom stereocenters. The molecular weight excluding hydrogens is 385 g/mol. The molecule has 2 aromatic rings. The standard InChI is InChI=1S/C23H26FN3O3/c24-19-5-1-17(2-6-19)14-25-23(29)27-11-12-30-21-9-3-16(13-18(21)15-27)4-10-22(28)26-20-7-8-20/h1-3,5-6,9,13,20H,4,7-8,10-12,14-15H2,(H,25,29)(H,26,28). The van der Waals surface area contributed by atoms with Crippen molar-refractivity contribution in [1.29, 1.82) is 0 Å². The topological polar surface area (TPSA) is 70.7 Å². The molecule has 6 nitrogen and oxygen atoms in total.